The van der Waals surface area contributed by atoms with Crippen LogP contribution in [0.5, 0.6) is 0 Å². The summed E-state index contributed by atoms with van der Waals surface area (Å²) < 4.78 is 0. The number of nitriles is 1. The molecule has 1 amide bonds. The third-order valence-corrected chi connectivity index (χ3v) is 7.20. The van der Waals surface area contributed by atoms with Crippen LogP contribution in [0.2, 0.25) is 5.02 Å². The van der Waals surface area contributed by atoms with Crippen molar-refractivity contribution in [2.45, 2.75) is 51.0 Å². The first-order valence-corrected chi connectivity index (χ1v) is 12.0. The Morgan fingerprint density at radius 3 is 2.39 bits per heavy atom. The van der Waals surface area contributed by atoms with Crippen LogP contribution in [0, 0.1) is 16.7 Å². The van der Waals surface area contributed by atoms with Gasteiger partial charge in [-0.25, -0.2) is 0 Å². The van der Waals surface area contributed by atoms with Crippen LogP contribution < -0.4 is 5.32 Å². The van der Waals surface area contributed by atoms with E-state index in [-0.39, 0.29) is 23.3 Å². The first-order valence-electron chi connectivity index (χ1n) is 11.6. The van der Waals surface area contributed by atoms with Gasteiger partial charge >= 0.3 is 0 Å². The van der Waals surface area contributed by atoms with Crippen LogP contribution in [0.4, 0.5) is 0 Å². The van der Waals surface area contributed by atoms with Crippen LogP contribution >= 0.6 is 11.6 Å². The predicted octanol–water partition coefficient (Wildman–Crippen LogP) is 6.46. The predicted molar refractivity (Wildman–Crippen MR) is 133 cm³/mol. The maximum atomic E-state index is 13.5. The largest absolute Gasteiger partial charge is 0.353 e. The van der Waals surface area contributed by atoms with Crippen molar-refractivity contribution in [3.05, 3.63) is 106 Å². The van der Waals surface area contributed by atoms with Gasteiger partial charge in [-0.1, -0.05) is 72.6 Å². The van der Waals surface area contributed by atoms with E-state index in [1.54, 1.807) is 0 Å². The number of nitrogens with one attached hydrogen (secondary N) is 1. The highest BCUT2D eigenvalue weighted by Gasteiger charge is 2.44. The quantitative estimate of drug-likeness (QED) is 0.423. The van der Waals surface area contributed by atoms with E-state index >= 15 is 0 Å². The molecule has 0 aliphatic heterocycles. The first-order chi connectivity index (χ1) is 16.0. The summed E-state index contributed by atoms with van der Waals surface area (Å²) in [6.07, 6.45) is 4.46. The Bertz CT molecular complexity index is 1130. The van der Waals surface area contributed by atoms with Crippen molar-refractivity contribution in [3.8, 4) is 6.07 Å². The Morgan fingerprint density at radius 2 is 1.76 bits per heavy atom. The summed E-state index contributed by atoms with van der Waals surface area (Å²) in [6, 6.07) is 28.0. The fourth-order valence-electron chi connectivity index (χ4n) is 4.83. The Kier molecular flexibility index (Phi) is 7.16. The molecular weight excluding hydrogens is 428 g/mol. The normalized spacial score (nSPS) is 16.2. The Labute approximate surface area is 201 Å². The van der Waals surface area contributed by atoms with E-state index < -0.39 is 0 Å². The van der Waals surface area contributed by atoms with Crippen LogP contribution in [0.3, 0.4) is 0 Å². The van der Waals surface area contributed by atoms with Gasteiger partial charge in [-0.2, -0.15) is 5.26 Å². The fourth-order valence-corrected chi connectivity index (χ4v) is 4.96. The van der Waals surface area contributed by atoms with E-state index in [0.717, 1.165) is 43.2 Å². The molecule has 1 N–H and O–H groups in total. The number of carbonyl (C=O) groups excluding carboxylic acids is 1. The van der Waals surface area contributed by atoms with Gasteiger partial charge in [-0.15, -0.1) is 0 Å². The Hall–Kier alpha value is -3.09. The third kappa shape index (κ3) is 5.46. The Balaban J connectivity index is 1.56. The molecule has 0 heterocycles. The van der Waals surface area contributed by atoms with Crippen molar-refractivity contribution >= 4 is 17.5 Å². The highest BCUT2D eigenvalue weighted by atomic mass is 35.5. The third-order valence-electron chi connectivity index (χ3n) is 6.95. The highest BCUT2D eigenvalue weighted by Crippen LogP contribution is 2.44. The molecule has 1 saturated carbocycles. The lowest BCUT2D eigenvalue weighted by atomic mass is 9.64. The molecule has 1 aliphatic carbocycles. The zero-order valence-corrected chi connectivity index (χ0v) is 19.7. The van der Waals surface area contributed by atoms with Crippen molar-refractivity contribution < 1.29 is 4.79 Å². The molecule has 3 nitrogen and oxygen atoms in total. The van der Waals surface area contributed by atoms with Crippen molar-refractivity contribution in [3.63, 3.8) is 0 Å². The van der Waals surface area contributed by atoms with Gasteiger partial charge < -0.3 is 5.32 Å². The van der Waals surface area contributed by atoms with E-state index in [1.807, 2.05) is 66.7 Å². The number of benzene rings is 3. The first kappa shape index (κ1) is 23.1. The molecule has 0 radical (unpaired) electrons. The fraction of sp³-hybridized carbons (Fsp3) is 0.310. The van der Waals surface area contributed by atoms with Crippen molar-refractivity contribution in [2.24, 2.45) is 5.41 Å². The summed E-state index contributed by atoms with van der Waals surface area (Å²) in [5.41, 5.74) is 3.72. The highest BCUT2D eigenvalue weighted by molar-refractivity contribution is 6.30. The van der Waals surface area contributed by atoms with Crippen LogP contribution in [-0.2, 0) is 17.6 Å². The minimum atomic E-state index is -0.324. The van der Waals surface area contributed by atoms with Crippen LogP contribution in [-0.4, -0.2) is 11.9 Å². The second-order valence-corrected chi connectivity index (χ2v) is 9.67. The molecule has 4 heteroatoms. The number of rotatable bonds is 8. The second-order valence-electron chi connectivity index (χ2n) is 9.23. The molecule has 3 aromatic carbocycles. The standard InChI is InChI=1S/C29H29ClN2O/c1-21(32-28(33)29(15-6-16-29)19-23-7-3-2-4-8-23)27(18-22-11-13-26(30)14-12-22)25-10-5-9-24(17-25)20-31/h2-5,7-14,17,21,27H,6,15-16,18-19H2,1H3,(H,32,33)/t21-,27+/m0/s1. The average molecular weight is 457 g/mol. The summed E-state index contributed by atoms with van der Waals surface area (Å²) >= 11 is 6.08. The summed E-state index contributed by atoms with van der Waals surface area (Å²) in [6.45, 7) is 2.08. The average Bonchev–Trinajstić information content (AvgIpc) is 2.81. The van der Waals surface area contributed by atoms with Crippen LogP contribution in [0.1, 0.15) is 54.4 Å². The molecule has 3 aromatic rings. The molecule has 168 valence electrons. The minimum Gasteiger partial charge on any atom is -0.353 e. The second kappa shape index (κ2) is 10.2. The van der Waals surface area contributed by atoms with Crippen LogP contribution in [0.15, 0.2) is 78.9 Å². The lowest BCUT2D eigenvalue weighted by Crippen LogP contribution is -2.51. The van der Waals surface area contributed by atoms with E-state index in [9.17, 15) is 10.1 Å². The SMILES string of the molecule is C[C@H](NC(=O)C1(Cc2ccccc2)CCC1)[C@@H](Cc1ccc(Cl)cc1)c1cccc(C#N)c1. The number of nitrogens with zero attached hydrogens (tertiary/aromatic N) is 1. The van der Waals surface area contributed by atoms with Gasteiger partial charge in [0.25, 0.3) is 0 Å². The van der Waals surface area contributed by atoms with Gasteiger partial charge in [0, 0.05) is 17.0 Å². The number of hydrogen-bond acceptors (Lipinski definition) is 2. The summed E-state index contributed by atoms with van der Waals surface area (Å²) in [4.78, 5) is 13.5. The zero-order chi connectivity index (χ0) is 23.3. The van der Waals surface area contributed by atoms with E-state index in [2.05, 4.69) is 30.4 Å². The molecule has 1 aliphatic rings. The smallest absolute Gasteiger partial charge is 0.226 e. The lowest BCUT2D eigenvalue weighted by molar-refractivity contribution is -0.136. The number of halogens is 1. The van der Waals surface area contributed by atoms with Crippen molar-refractivity contribution in [2.75, 3.05) is 0 Å². The topological polar surface area (TPSA) is 52.9 Å². The molecule has 0 spiro atoms. The summed E-state index contributed by atoms with van der Waals surface area (Å²) in [7, 11) is 0. The van der Waals surface area contributed by atoms with Crippen LogP contribution in [0.25, 0.3) is 0 Å². The molecule has 0 bridgehead atoms. The summed E-state index contributed by atoms with van der Waals surface area (Å²) in [5, 5.41) is 13.5. The van der Waals surface area contributed by atoms with Gasteiger partial charge in [-0.05, 0) is 73.6 Å². The number of carbonyl (C=O) groups is 1. The minimum absolute atomic E-state index is 0.0391. The number of amides is 1. The molecule has 0 aromatic heterocycles. The van der Waals surface area contributed by atoms with Gasteiger partial charge in [0.1, 0.15) is 0 Å². The van der Waals surface area contributed by atoms with E-state index in [1.165, 1.54) is 5.56 Å². The summed E-state index contributed by atoms with van der Waals surface area (Å²) in [5.74, 6) is 0.180. The molecule has 0 saturated heterocycles. The molecule has 1 fully saturated rings. The van der Waals surface area contributed by atoms with E-state index in [4.69, 9.17) is 11.6 Å². The lowest BCUT2D eigenvalue weighted by Gasteiger charge is -2.42. The zero-order valence-electron chi connectivity index (χ0n) is 18.9. The molecule has 2 atom stereocenters. The monoisotopic (exact) mass is 456 g/mol. The number of hydrogen-bond donors (Lipinski definition) is 1. The maximum Gasteiger partial charge on any atom is 0.226 e. The van der Waals surface area contributed by atoms with Crippen molar-refractivity contribution in [1.82, 2.24) is 5.32 Å². The van der Waals surface area contributed by atoms with E-state index in [0.29, 0.717) is 10.6 Å². The Morgan fingerprint density at radius 1 is 1.03 bits per heavy atom. The molecule has 0 unspecified atom stereocenters. The molecule has 33 heavy (non-hydrogen) atoms. The molecule has 4 rings (SSSR count). The molecular formula is C29H29ClN2O. The van der Waals surface area contributed by atoms with Gasteiger partial charge in [0.2, 0.25) is 5.91 Å². The maximum absolute atomic E-state index is 13.5. The van der Waals surface area contributed by atoms with Gasteiger partial charge in [-0.3, -0.25) is 4.79 Å². The van der Waals surface area contributed by atoms with Gasteiger partial charge in [0.05, 0.1) is 17.0 Å². The van der Waals surface area contributed by atoms with Crippen molar-refractivity contribution in [1.29, 1.82) is 5.26 Å². The van der Waals surface area contributed by atoms with Gasteiger partial charge in [0.15, 0.2) is 0 Å².